The first kappa shape index (κ1) is 36.9. The predicted molar refractivity (Wildman–Crippen MR) is 158 cm³/mol. The number of cyclic esters (lactones) is 1. The standard InChI is InChI=1S/C31H37F9N2O4S/c1-16-9-25(45-6)23(13-24(16)41(5)47(44)31(38,39)40)22-7-8-28(3,4)14-19(22)15-42-17(2)26(46-27(42)43)18-10-20(29(32,33)34)12-21(11-18)30(35,36)37/h9,12-13,17-18,20,26H,7-8,10-11,14-15H2,1-6H3/t17-,18?,20?,26-,47?/m0/s1. The number of ether oxygens (including phenoxy) is 2. The van der Waals surface area contributed by atoms with Gasteiger partial charge >= 0.3 is 24.0 Å². The van der Waals surface area contributed by atoms with Crippen molar-refractivity contribution in [3.63, 3.8) is 0 Å². The molecule has 47 heavy (non-hydrogen) atoms. The Morgan fingerprint density at radius 3 is 2.30 bits per heavy atom. The van der Waals surface area contributed by atoms with Crippen molar-refractivity contribution in [2.24, 2.45) is 17.3 Å². The second-order valence-corrected chi connectivity index (χ2v) is 14.7. The third kappa shape index (κ3) is 7.88. The van der Waals surface area contributed by atoms with Crippen molar-refractivity contribution < 1.29 is 58.0 Å². The van der Waals surface area contributed by atoms with Gasteiger partial charge in [-0.3, -0.25) is 9.21 Å². The molecule has 2 aliphatic carbocycles. The quantitative estimate of drug-likeness (QED) is 0.210. The van der Waals surface area contributed by atoms with Gasteiger partial charge in [0, 0.05) is 30.6 Å². The average molecular weight is 705 g/mol. The van der Waals surface area contributed by atoms with E-state index < -0.39 is 77.3 Å². The lowest BCUT2D eigenvalue weighted by molar-refractivity contribution is -0.172. The second kappa shape index (κ2) is 12.8. The van der Waals surface area contributed by atoms with Crippen molar-refractivity contribution in [3.8, 4) is 5.75 Å². The number of halogens is 9. The first-order valence-corrected chi connectivity index (χ1v) is 16.0. The van der Waals surface area contributed by atoms with E-state index in [0.717, 1.165) is 7.05 Å². The Bertz CT molecular complexity index is 1470. The zero-order valence-electron chi connectivity index (χ0n) is 26.6. The molecule has 0 radical (unpaired) electrons. The number of carbonyl (C=O) groups is 1. The van der Waals surface area contributed by atoms with E-state index in [1.807, 2.05) is 13.8 Å². The molecule has 0 saturated carbocycles. The molecular formula is C31H37F9N2O4S. The molecule has 1 aromatic rings. The van der Waals surface area contributed by atoms with E-state index in [0.29, 0.717) is 51.6 Å². The van der Waals surface area contributed by atoms with Crippen LogP contribution in [0.25, 0.3) is 5.57 Å². The SMILES string of the molecule is COc1cc(C)c(N(C)S(=O)C(F)(F)F)cc1C1=C(CN2C(=O)O[C@H](C3CC(C(F)(F)F)=CC(C(F)(F)F)C3)[C@@H]2C)CC(C)(C)CC1. The fourth-order valence-electron chi connectivity index (χ4n) is 6.84. The fourth-order valence-corrected chi connectivity index (χ4v) is 7.52. The van der Waals surface area contributed by atoms with Gasteiger partial charge in [0.25, 0.3) is 0 Å². The average Bonchev–Trinajstić information content (AvgIpc) is 3.23. The lowest BCUT2D eigenvalue weighted by Gasteiger charge is -2.37. The minimum absolute atomic E-state index is 0.0344. The number of rotatable bonds is 7. The topological polar surface area (TPSA) is 59.1 Å². The van der Waals surface area contributed by atoms with E-state index in [2.05, 4.69) is 0 Å². The number of carbonyl (C=O) groups excluding carboxylic acids is 1. The van der Waals surface area contributed by atoms with Crippen molar-refractivity contribution >= 4 is 28.3 Å². The van der Waals surface area contributed by atoms with Gasteiger partial charge < -0.3 is 9.47 Å². The largest absolute Gasteiger partial charge is 0.496 e. The third-order valence-electron chi connectivity index (χ3n) is 9.29. The summed E-state index contributed by atoms with van der Waals surface area (Å²) in [6.07, 6.45) is -11.7. The van der Waals surface area contributed by atoms with Crippen molar-refractivity contribution in [2.75, 3.05) is 25.0 Å². The summed E-state index contributed by atoms with van der Waals surface area (Å²) in [4.78, 5) is 14.5. The molecule has 1 amide bonds. The van der Waals surface area contributed by atoms with Crippen LogP contribution in [0.1, 0.15) is 64.0 Å². The monoisotopic (exact) mass is 704 g/mol. The molecule has 0 aromatic heterocycles. The highest BCUT2D eigenvalue weighted by Gasteiger charge is 2.52. The molecule has 0 bridgehead atoms. The number of amides is 1. The number of methoxy groups -OCH3 is 1. The van der Waals surface area contributed by atoms with Crippen molar-refractivity contribution in [3.05, 3.63) is 40.5 Å². The third-order valence-corrected chi connectivity index (χ3v) is 10.4. The summed E-state index contributed by atoms with van der Waals surface area (Å²) in [5, 5.41) is 0. The van der Waals surface area contributed by atoms with Gasteiger partial charge in [-0.05, 0) is 80.2 Å². The number of anilines is 1. The number of nitrogens with zero attached hydrogens (tertiary/aromatic N) is 2. The molecule has 264 valence electrons. The van der Waals surface area contributed by atoms with Gasteiger partial charge in [-0.1, -0.05) is 19.9 Å². The van der Waals surface area contributed by atoms with Crippen LogP contribution in [0.5, 0.6) is 5.75 Å². The maximum atomic E-state index is 13.6. The first-order chi connectivity index (χ1) is 21.4. The minimum atomic E-state index is -5.02. The molecule has 1 aliphatic heterocycles. The molecule has 6 nitrogen and oxygen atoms in total. The molecule has 3 aliphatic rings. The number of aryl methyl sites for hydroxylation is 1. The minimum Gasteiger partial charge on any atom is -0.496 e. The van der Waals surface area contributed by atoms with Crippen LogP contribution < -0.4 is 9.04 Å². The van der Waals surface area contributed by atoms with Crippen LogP contribution >= 0.6 is 0 Å². The summed E-state index contributed by atoms with van der Waals surface area (Å²) in [5.41, 5.74) is -4.45. The Kier molecular flexibility index (Phi) is 10.1. The van der Waals surface area contributed by atoms with Gasteiger partial charge in [0.1, 0.15) is 11.9 Å². The summed E-state index contributed by atoms with van der Waals surface area (Å²) in [6, 6.07) is 2.08. The van der Waals surface area contributed by atoms with Crippen LogP contribution in [0, 0.1) is 24.2 Å². The van der Waals surface area contributed by atoms with E-state index in [1.54, 1.807) is 6.92 Å². The van der Waals surface area contributed by atoms with Gasteiger partial charge in [0.2, 0.25) is 11.0 Å². The summed E-state index contributed by atoms with van der Waals surface area (Å²) >= 11 is 0. The summed E-state index contributed by atoms with van der Waals surface area (Å²) in [5.74, 6) is -3.26. The Labute approximate surface area is 269 Å². The summed E-state index contributed by atoms with van der Waals surface area (Å²) in [6.45, 7) is 6.95. The molecule has 0 spiro atoms. The molecule has 4 rings (SSSR count). The van der Waals surface area contributed by atoms with E-state index in [-0.39, 0.29) is 23.7 Å². The van der Waals surface area contributed by atoms with Crippen molar-refractivity contribution in [1.29, 1.82) is 0 Å². The van der Waals surface area contributed by atoms with Crippen LogP contribution in [0.3, 0.4) is 0 Å². The van der Waals surface area contributed by atoms with Crippen LogP contribution in [0.4, 0.5) is 50.0 Å². The normalized spacial score (nSPS) is 26.2. The second-order valence-electron chi connectivity index (χ2n) is 13.2. The molecule has 1 fully saturated rings. The molecule has 5 atom stereocenters. The summed E-state index contributed by atoms with van der Waals surface area (Å²) in [7, 11) is -0.923. The van der Waals surface area contributed by atoms with Gasteiger partial charge in [-0.15, -0.1) is 0 Å². The van der Waals surface area contributed by atoms with E-state index >= 15 is 0 Å². The Hall–Kier alpha value is -2.91. The van der Waals surface area contributed by atoms with Crippen LogP contribution in [0.15, 0.2) is 29.4 Å². The number of hydrogen-bond donors (Lipinski definition) is 0. The van der Waals surface area contributed by atoms with Crippen molar-refractivity contribution in [2.45, 2.75) is 89.8 Å². The maximum Gasteiger partial charge on any atom is 0.490 e. The van der Waals surface area contributed by atoms with Crippen LogP contribution in [-0.4, -0.2) is 65.9 Å². The van der Waals surface area contributed by atoms with Crippen LogP contribution in [-0.2, 0) is 15.7 Å². The Morgan fingerprint density at radius 1 is 1.11 bits per heavy atom. The lowest BCUT2D eigenvalue weighted by atomic mass is 9.72. The van der Waals surface area contributed by atoms with E-state index in [4.69, 9.17) is 9.47 Å². The Morgan fingerprint density at radius 2 is 1.74 bits per heavy atom. The van der Waals surface area contributed by atoms with Crippen LogP contribution in [0.2, 0.25) is 0 Å². The fraction of sp³-hybridized carbons (Fsp3) is 0.645. The molecule has 1 aromatic carbocycles. The van der Waals surface area contributed by atoms with Gasteiger partial charge in [0.15, 0.2) is 0 Å². The molecule has 1 heterocycles. The summed E-state index contributed by atoms with van der Waals surface area (Å²) < 4.78 is 146. The number of benzene rings is 1. The lowest BCUT2D eigenvalue weighted by Crippen LogP contribution is -2.42. The van der Waals surface area contributed by atoms with E-state index in [9.17, 15) is 48.5 Å². The number of allylic oxidation sites excluding steroid dienone is 3. The molecule has 16 heteroatoms. The molecule has 1 saturated heterocycles. The maximum absolute atomic E-state index is 13.6. The Balaban J connectivity index is 1.72. The smallest absolute Gasteiger partial charge is 0.490 e. The van der Waals surface area contributed by atoms with E-state index in [1.165, 1.54) is 31.1 Å². The molecule has 0 N–H and O–H groups in total. The molecule has 3 unspecified atom stereocenters. The van der Waals surface area contributed by atoms with Gasteiger partial charge in [-0.25, -0.2) is 9.00 Å². The zero-order valence-corrected chi connectivity index (χ0v) is 27.4. The number of hydrogen-bond acceptors (Lipinski definition) is 4. The number of alkyl halides is 9. The predicted octanol–water partition coefficient (Wildman–Crippen LogP) is 8.87. The molecular weight excluding hydrogens is 667 g/mol. The zero-order chi connectivity index (χ0) is 35.4. The highest BCUT2D eigenvalue weighted by atomic mass is 32.2. The first-order valence-electron chi connectivity index (χ1n) is 14.9. The van der Waals surface area contributed by atoms with Crippen molar-refractivity contribution in [1.82, 2.24) is 4.90 Å². The van der Waals surface area contributed by atoms with Gasteiger partial charge in [-0.2, -0.15) is 39.5 Å². The van der Waals surface area contributed by atoms with Gasteiger partial charge in [0.05, 0.1) is 24.8 Å². The highest BCUT2D eigenvalue weighted by Crippen LogP contribution is 2.49. The highest BCUT2D eigenvalue weighted by molar-refractivity contribution is 7.87.